The lowest BCUT2D eigenvalue weighted by atomic mass is 10.1. The summed E-state index contributed by atoms with van der Waals surface area (Å²) >= 11 is 0. The Kier molecular flexibility index (Phi) is 7.63. The van der Waals surface area contributed by atoms with Crippen LogP contribution < -0.4 is 14.8 Å². The molecule has 0 radical (unpaired) electrons. The van der Waals surface area contributed by atoms with Crippen LogP contribution in [0.3, 0.4) is 0 Å². The van der Waals surface area contributed by atoms with E-state index in [9.17, 15) is 26.4 Å². The number of anilines is 1. The molecule has 0 saturated heterocycles. The van der Waals surface area contributed by atoms with Gasteiger partial charge in [-0.2, -0.15) is 17.9 Å². The number of hydrogen-bond acceptors (Lipinski definition) is 4. The Morgan fingerprint density at radius 3 is 2.35 bits per heavy atom. The largest absolute Gasteiger partial charge is 0.495 e. The second-order valence-electron chi connectivity index (χ2n) is 7.59. The smallest absolute Gasteiger partial charge is 0.416 e. The monoisotopic (exact) mass is 492 g/mol. The molecule has 10 heteroatoms. The zero-order chi connectivity index (χ0) is 24.9. The Hall–Kier alpha value is -3.37. The number of rotatable bonds is 8. The van der Waals surface area contributed by atoms with Gasteiger partial charge in [-0.3, -0.25) is 4.79 Å². The minimum Gasteiger partial charge on any atom is -0.495 e. The molecule has 0 aromatic heterocycles. The number of carbonyl (C=O) groups is 1. The van der Waals surface area contributed by atoms with Gasteiger partial charge in [0, 0.05) is 5.69 Å². The quantitative estimate of drug-likeness (QED) is 0.483. The molecule has 0 heterocycles. The SMILES string of the molecule is COc1ccc(C)cc1S(=O)(=O)NC(Cc1ccccc1)C(=O)Nc1cccc(C(F)(F)F)c1. The Morgan fingerprint density at radius 1 is 1.00 bits per heavy atom. The zero-order valence-corrected chi connectivity index (χ0v) is 19.2. The van der Waals surface area contributed by atoms with E-state index in [0.717, 1.165) is 18.2 Å². The first-order valence-corrected chi connectivity index (χ1v) is 11.7. The average Bonchev–Trinajstić information content (AvgIpc) is 2.79. The Morgan fingerprint density at radius 2 is 1.71 bits per heavy atom. The maximum atomic E-state index is 13.2. The van der Waals surface area contributed by atoms with Crippen molar-refractivity contribution in [1.29, 1.82) is 0 Å². The van der Waals surface area contributed by atoms with Gasteiger partial charge in [0.05, 0.1) is 12.7 Å². The van der Waals surface area contributed by atoms with Crippen molar-refractivity contribution in [2.75, 3.05) is 12.4 Å². The van der Waals surface area contributed by atoms with Crippen molar-refractivity contribution in [3.8, 4) is 5.75 Å². The molecule has 0 saturated carbocycles. The maximum absolute atomic E-state index is 13.2. The van der Waals surface area contributed by atoms with E-state index in [2.05, 4.69) is 10.0 Å². The van der Waals surface area contributed by atoms with Crippen LogP contribution in [0.2, 0.25) is 0 Å². The first-order valence-electron chi connectivity index (χ1n) is 10.2. The number of halogens is 3. The lowest BCUT2D eigenvalue weighted by Crippen LogP contribution is -2.45. The molecule has 180 valence electrons. The molecule has 0 aliphatic rings. The predicted molar refractivity (Wildman–Crippen MR) is 122 cm³/mol. The summed E-state index contributed by atoms with van der Waals surface area (Å²) < 4.78 is 73.1. The van der Waals surface area contributed by atoms with Gasteiger partial charge in [0.15, 0.2) is 0 Å². The number of benzene rings is 3. The number of sulfonamides is 1. The summed E-state index contributed by atoms with van der Waals surface area (Å²) in [7, 11) is -2.90. The van der Waals surface area contributed by atoms with Gasteiger partial charge in [0.1, 0.15) is 16.7 Å². The van der Waals surface area contributed by atoms with Crippen LogP contribution in [0.4, 0.5) is 18.9 Å². The number of methoxy groups -OCH3 is 1. The molecule has 2 N–H and O–H groups in total. The van der Waals surface area contributed by atoms with Crippen molar-refractivity contribution in [3.05, 3.63) is 89.5 Å². The number of nitrogens with one attached hydrogen (secondary N) is 2. The molecular weight excluding hydrogens is 469 g/mol. The summed E-state index contributed by atoms with van der Waals surface area (Å²) in [5.74, 6) is -0.715. The molecule has 6 nitrogen and oxygen atoms in total. The summed E-state index contributed by atoms with van der Waals surface area (Å²) in [6, 6.07) is 16.1. The maximum Gasteiger partial charge on any atom is 0.416 e. The van der Waals surface area contributed by atoms with Crippen molar-refractivity contribution in [1.82, 2.24) is 4.72 Å². The van der Waals surface area contributed by atoms with Gasteiger partial charge in [-0.05, 0) is 54.8 Å². The first kappa shape index (κ1) is 25.3. The van der Waals surface area contributed by atoms with Crippen LogP contribution in [0, 0.1) is 6.92 Å². The minimum atomic E-state index is -4.59. The Labute approximate surface area is 195 Å². The van der Waals surface area contributed by atoms with Crippen LogP contribution in [0.15, 0.2) is 77.7 Å². The lowest BCUT2D eigenvalue weighted by molar-refractivity contribution is -0.137. The van der Waals surface area contributed by atoms with Crippen LogP contribution >= 0.6 is 0 Å². The topological polar surface area (TPSA) is 84.5 Å². The number of carbonyl (C=O) groups excluding carboxylic acids is 1. The number of amides is 1. The molecule has 0 aliphatic heterocycles. The van der Waals surface area contributed by atoms with Crippen LogP contribution in [-0.4, -0.2) is 27.5 Å². The highest BCUT2D eigenvalue weighted by atomic mass is 32.2. The molecule has 34 heavy (non-hydrogen) atoms. The summed E-state index contributed by atoms with van der Waals surface area (Å²) in [5.41, 5.74) is 0.278. The molecule has 0 aliphatic carbocycles. The summed E-state index contributed by atoms with van der Waals surface area (Å²) in [6.45, 7) is 1.71. The molecular formula is C24H23F3N2O4S. The molecule has 3 aromatic carbocycles. The summed E-state index contributed by atoms with van der Waals surface area (Å²) in [5, 5.41) is 2.39. The zero-order valence-electron chi connectivity index (χ0n) is 18.4. The van der Waals surface area contributed by atoms with Gasteiger partial charge >= 0.3 is 6.18 Å². The Bertz CT molecular complexity index is 1260. The highest BCUT2D eigenvalue weighted by Crippen LogP contribution is 2.31. The minimum absolute atomic E-state index is 0.0288. The third kappa shape index (κ3) is 6.36. The lowest BCUT2D eigenvalue weighted by Gasteiger charge is -2.20. The van der Waals surface area contributed by atoms with Crippen LogP contribution in [0.25, 0.3) is 0 Å². The fourth-order valence-electron chi connectivity index (χ4n) is 3.29. The van der Waals surface area contributed by atoms with E-state index in [-0.39, 0.29) is 22.8 Å². The second kappa shape index (κ2) is 10.3. The number of hydrogen-bond donors (Lipinski definition) is 2. The van der Waals surface area contributed by atoms with Crippen LogP contribution in [-0.2, 0) is 27.4 Å². The second-order valence-corrected chi connectivity index (χ2v) is 9.27. The van der Waals surface area contributed by atoms with Gasteiger partial charge in [0.2, 0.25) is 15.9 Å². The standard InChI is InChI=1S/C24H23F3N2O4S/c1-16-11-12-21(33-2)22(13-16)34(31,32)29-20(14-17-7-4-3-5-8-17)23(30)28-19-10-6-9-18(15-19)24(25,26)27/h3-13,15,20,29H,14H2,1-2H3,(H,28,30). The van der Waals surface area contributed by atoms with E-state index >= 15 is 0 Å². The third-order valence-electron chi connectivity index (χ3n) is 4.96. The number of alkyl halides is 3. The van der Waals surface area contributed by atoms with E-state index in [1.54, 1.807) is 43.3 Å². The molecule has 0 fully saturated rings. The number of ether oxygens (including phenoxy) is 1. The van der Waals surface area contributed by atoms with Gasteiger partial charge in [-0.1, -0.05) is 42.5 Å². The van der Waals surface area contributed by atoms with E-state index in [0.29, 0.717) is 11.1 Å². The molecule has 3 rings (SSSR count). The number of aryl methyl sites for hydroxylation is 1. The van der Waals surface area contributed by atoms with Gasteiger partial charge < -0.3 is 10.1 Å². The highest BCUT2D eigenvalue weighted by molar-refractivity contribution is 7.89. The predicted octanol–water partition coefficient (Wildman–Crippen LogP) is 4.55. The molecule has 3 aromatic rings. The molecule has 0 spiro atoms. The molecule has 1 unspecified atom stereocenters. The van der Waals surface area contributed by atoms with Crippen molar-refractivity contribution >= 4 is 21.6 Å². The highest BCUT2D eigenvalue weighted by Gasteiger charge is 2.32. The van der Waals surface area contributed by atoms with Gasteiger partial charge in [-0.25, -0.2) is 8.42 Å². The average molecular weight is 493 g/mol. The normalized spacial score (nSPS) is 12.7. The van der Waals surface area contributed by atoms with E-state index in [1.807, 2.05) is 0 Å². The van der Waals surface area contributed by atoms with Crippen molar-refractivity contribution < 1.29 is 31.1 Å². The Balaban J connectivity index is 1.93. The van der Waals surface area contributed by atoms with E-state index in [4.69, 9.17) is 4.74 Å². The van der Waals surface area contributed by atoms with E-state index < -0.39 is 33.7 Å². The van der Waals surface area contributed by atoms with Gasteiger partial charge in [-0.15, -0.1) is 0 Å². The van der Waals surface area contributed by atoms with Crippen molar-refractivity contribution in [2.45, 2.75) is 30.5 Å². The van der Waals surface area contributed by atoms with Crippen LogP contribution in [0.1, 0.15) is 16.7 Å². The molecule has 1 atom stereocenters. The van der Waals surface area contributed by atoms with Crippen molar-refractivity contribution in [2.24, 2.45) is 0 Å². The van der Waals surface area contributed by atoms with Gasteiger partial charge in [0.25, 0.3) is 0 Å². The fourth-order valence-corrected chi connectivity index (χ4v) is 4.73. The molecule has 0 bridgehead atoms. The van der Waals surface area contributed by atoms with Crippen LogP contribution in [0.5, 0.6) is 5.75 Å². The van der Waals surface area contributed by atoms with Crippen molar-refractivity contribution in [3.63, 3.8) is 0 Å². The first-order chi connectivity index (χ1) is 16.0. The molecule has 1 amide bonds. The summed E-state index contributed by atoms with van der Waals surface area (Å²) in [6.07, 6.45) is -4.62. The van der Waals surface area contributed by atoms with E-state index in [1.165, 1.54) is 25.3 Å². The summed E-state index contributed by atoms with van der Waals surface area (Å²) in [4.78, 5) is 12.9. The fraction of sp³-hybridized carbons (Fsp3) is 0.208. The third-order valence-corrected chi connectivity index (χ3v) is 6.46.